The third kappa shape index (κ3) is 4.63. The number of aryl methyl sites for hydroxylation is 1. The molecule has 126 valence electrons. The second kappa shape index (κ2) is 7.70. The Labute approximate surface area is 140 Å². The summed E-state index contributed by atoms with van der Waals surface area (Å²) in [4.78, 5) is 25.9. The lowest BCUT2D eigenvalue weighted by Crippen LogP contribution is -2.27. The molecule has 2 aromatic carbocycles. The molecule has 0 spiro atoms. The third-order valence-electron chi connectivity index (χ3n) is 3.36. The van der Waals surface area contributed by atoms with Crippen LogP contribution in [0.25, 0.3) is 0 Å². The lowest BCUT2D eigenvalue weighted by atomic mass is 10.1. The van der Waals surface area contributed by atoms with Crippen molar-refractivity contribution >= 4 is 23.2 Å². The molecule has 5 nitrogen and oxygen atoms in total. The van der Waals surface area contributed by atoms with Gasteiger partial charge in [-0.3, -0.25) is 9.59 Å². The second-order valence-corrected chi connectivity index (χ2v) is 5.75. The topological polar surface area (TPSA) is 61.4 Å². The maximum absolute atomic E-state index is 13.6. The Hall–Kier alpha value is -2.73. The molecule has 0 aliphatic rings. The van der Waals surface area contributed by atoms with Gasteiger partial charge in [0.15, 0.2) is 0 Å². The number of rotatable bonds is 5. The summed E-state index contributed by atoms with van der Waals surface area (Å²) in [6.45, 7) is 2.08. The number of anilines is 2. The van der Waals surface area contributed by atoms with Crippen LogP contribution in [-0.2, 0) is 4.79 Å². The lowest BCUT2D eigenvalue weighted by molar-refractivity contribution is -0.116. The van der Waals surface area contributed by atoms with Crippen LogP contribution in [0.2, 0.25) is 0 Å². The number of hydrogen-bond acceptors (Lipinski definition) is 3. The maximum Gasteiger partial charge on any atom is 0.255 e. The van der Waals surface area contributed by atoms with Gasteiger partial charge in [0.2, 0.25) is 5.91 Å². The van der Waals surface area contributed by atoms with Crippen LogP contribution < -0.4 is 10.6 Å². The first kappa shape index (κ1) is 17.6. The molecule has 2 N–H and O–H groups in total. The Morgan fingerprint density at radius 2 is 1.75 bits per heavy atom. The van der Waals surface area contributed by atoms with Crippen molar-refractivity contribution in [1.82, 2.24) is 4.90 Å². The number of nitrogens with one attached hydrogen (secondary N) is 2. The first-order chi connectivity index (χ1) is 11.4. The van der Waals surface area contributed by atoms with Gasteiger partial charge >= 0.3 is 0 Å². The zero-order valence-corrected chi connectivity index (χ0v) is 13.9. The quantitative estimate of drug-likeness (QED) is 0.887. The molecule has 0 atom stereocenters. The van der Waals surface area contributed by atoms with E-state index in [0.717, 1.165) is 5.56 Å². The van der Waals surface area contributed by atoms with Gasteiger partial charge in [0, 0.05) is 11.3 Å². The molecule has 0 radical (unpaired) electrons. The summed E-state index contributed by atoms with van der Waals surface area (Å²) >= 11 is 0. The molecule has 0 aliphatic carbocycles. The molecule has 0 saturated carbocycles. The number of benzene rings is 2. The maximum atomic E-state index is 13.6. The SMILES string of the molecule is Cc1ccc(C(=O)Nc2ccccc2F)cc1NC(=O)CN(C)C. The molecule has 2 amide bonds. The highest BCUT2D eigenvalue weighted by Gasteiger charge is 2.12. The van der Waals surface area contributed by atoms with Crippen LogP contribution in [0, 0.1) is 12.7 Å². The summed E-state index contributed by atoms with van der Waals surface area (Å²) < 4.78 is 13.6. The molecule has 6 heteroatoms. The van der Waals surface area contributed by atoms with E-state index in [1.165, 1.54) is 12.1 Å². The molecule has 0 fully saturated rings. The number of carbonyl (C=O) groups excluding carboxylic acids is 2. The fourth-order valence-electron chi connectivity index (χ4n) is 2.13. The number of halogens is 1. The smallest absolute Gasteiger partial charge is 0.255 e. The highest BCUT2D eigenvalue weighted by atomic mass is 19.1. The summed E-state index contributed by atoms with van der Waals surface area (Å²) in [7, 11) is 3.59. The van der Waals surface area contributed by atoms with Crippen molar-refractivity contribution in [2.75, 3.05) is 31.3 Å². The van der Waals surface area contributed by atoms with Crippen LogP contribution >= 0.6 is 0 Å². The number of likely N-dealkylation sites (N-methyl/N-ethyl adjacent to an activating group) is 1. The van der Waals surface area contributed by atoms with E-state index in [-0.39, 0.29) is 18.1 Å². The van der Waals surface area contributed by atoms with Gasteiger partial charge in [0.1, 0.15) is 5.82 Å². The van der Waals surface area contributed by atoms with E-state index in [1.807, 2.05) is 6.92 Å². The molecular formula is C18H20FN3O2. The Morgan fingerprint density at radius 1 is 1.04 bits per heavy atom. The van der Waals surface area contributed by atoms with Crippen molar-refractivity contribution in [3.63, 3.8) is 0 Å². The van der Waals surface area contributed by atoms with Gasteiger partial charge in [-0.15, -0.1) is 0 Å². The molecular weight excluding hydrogens is 309 g/mol. The van der Waals surface area contributed by atoms with Crippen LogP contribution in [0.5, 0.6) is 0 Å². The largest absolute Gasteiger partial charge is 0.325 e. The van der Waals surface area contributed by atoms with Gasteiger partial charge in [0.05, 0.1) is 12.2 Å². The monoisotopic (exact) mass is 329 g/mol. The fraction of sp³-hybridized carbons (Fsp3) is 0.222. The van der Waals surface area contributed by atoms with Crippen molar-refractivity contribution in [2.24, 2.45) is 0 Å². The Kier molecular flexibility index (Phi) is 5.65. The predicted molar refractivity (Wildman–Crippen MR) is 92.7 cm³/mol. The molecule has 0 unspecified atom stereocenters. The number of para-hydroxylation sites is 1. The van der Waals surface area contributed by atoms with E-state index in [0.29, 0.717) is 11.3 Å². The van der Waals surface area contributed by atoms with E-state index in [2.05, 4.69) is 10.6 Å². The van der Waals surface area contributed by atoms with Gasteiger partial charge in [-0.05, 0) is 50.8 Å². The third-order valence-corrected chi connectivity index (χ3v) is 3.36. The number of amides is 2. The van der Waals surface area contributed by atoms with E-state index < -0.39 is 11.7 Å². The summed E-state index contributed by atoms with van der Waals surface area (Å²) in [5.41, 5.74) is 1.85. The molecule has 0 aromatic heterocycles. The highest BCUT2D eigenvalue weighted by Crippen LogP contribution is 2.19. The molecule has 2 rings (SSSR count). The molecule has 2 aromatic rings. The second-order valence-electron chi connectivity index (χ2n) is 5.75. The Morgan fingerprint density at radius 3 is 2.42 bits per heavy atom. The van der Waals surface area contributed by atoms with Crippen LogP contribution in [0.15, 0.2) is 42.5 Å². The van der Waals surface area contributed by atoms with Crippen LogP contribution in [0.1, 0.15) is 15.9 Å². The van der Waals surface area contributed by atoms with E-state index in [9.17, 15) is 14.0 Å². The molecule has 24 heavy (non-hydrogen) atoms. The predicted octanol–water partition coefficient (Wildman–Crippen LogP) is 2.89. The van der Waals surface area contributed by atoms with Gasteiger partial charge in [0.25, 0.3) is 5.91 Å². The highest BCUT2D eigenvalue weighted by molar-refractivity contribution is 6.05. The number of hydrogen-bond donors (Lipinski definition) is 2. The minimum absolute atomic E-state index is 0.112. The van der Waals surface area contributed by atoms with Gasteiger partial charge in [-0.25, -0.2) is 4.39 Å². The molecule has 0 heterocycles. The normalized spacial score (nSPS) is 10.5. The van der Waals surface area contributed by atoms with Gasteiger partial charge < -0.3 is 15.5 Å². The van der Waals surface area contributed by atoms with Crippen LogP contribution in [-0.4, -0.2) is 37.4 Å². The summed E-state index contributed by atoms with van der Waals surface area (Å²) in [5, 5.41) is 5.30. The minimum Gasteiger partial charge on any atom is -0.325 e. The van der Waals surface area contributed by atoms with E-state index in [4.69, 9.17) is 0 Å². The van der Waals surface area contributed by atoms with Crippen molar-refractivity contribution < 1.29 is 14.0 Å². The standard InChI is InChI=1S/C18H20FN3O2/c1-12-8-9-13(10-16(12)20-17(23)11-22(2)3)18(24)21-15-7-5-4-6-14(15)19/h4-10H,11H2,1-3H3,(H,20,23)(H,21,24). The summed E-state index contributed by atoms with van der Waals surface area (Å²) in [6, 6.07) is 10.9. The molecule has 0 saturated heterocycles. The summed E-state index contributed by atoms with van der Waals surface area (Å²) in [6.07, 6.45) is 0. The average Bonchev–Trinajstić information content (AvgIpc) is 2.51. The lowest BCUT2D eigenvalue weighted by Gasteiger charge is -2.13. The van der Waals surface area contributed by atoms with Crippen LogP contribution in [0.4, 0.5) is 15.8 Å². The zero-order valence-electron chi connectivity index (χ0n) is 13.9. The number of carbonyl (C=O) groups is 2. The van der Waals surface area contributed by atoms with Crippen molar-refractivity contribution in [3.8, 4) is 0 Å². The van der Waals surface area contributed by atoms with Gasteiger partial charge in [-0.1, -0.05) is 18.2 Å². The van der Waals surface area contributed by atoms with Crippen molar-refractivity contribution in [1.29, 1.82) is 0 Å². The average molecular weight is 329 g/mol. The first-order valence-electron chi connectivity index (χ1n) is 7.48. The zero-order chi connectivity index (χ0) is 17.7. The van der Waals surface area contributed by atoms with Crippen molar-refractivity contribution in [3.05, 3.63) is 59.4 Å². The van der Waals surface area contributed by atoms with Crippen LogP contribution in [0.3, 0.4) is 0 Å². The first-order valence-corrected chi connectivity index (χ1v) is 7.48. The fourth-order valence-corrected chi connectivity index (χ4v) is 2.13. The van der Waals surface area contributed by atoms with E-state index >= 15 is 0 Å². The van der Waals surface area contributed by atoms with Crippen molar-refractivity contribution in [2.45, 2.75) is 6.92 Å². The minimum atomic E-state index is -0.502. The number of nitrogens with zero attached hydrogens (tertiary/aromatic N) is 1. The Balaban J connectivity index is 2.16. The summed E-state index contributed by atoms with van der Waals surface area (Å²) in [5.74, 6) is -1.12. The van der Waals surface area contributed by atoms with E-state index in [1.54, 1.807) is 49.3 Å². The molecule has 0 aliphatic heterocycles. The Bertz CT molecular complexity index is 760. The molecule has 0 bridgehead atoms. The van der Waals surface area contributed by atoms with Gasteiger partial charge in [-0.2, -0.15) is 0 Å².